The van der Waals surface area contributed by atoms with E-state index in [-0.39, 0.29) is 22.2 Å². The molecule has 0 aliphatic rings. The first-order chi connectivity index (χ1) is 14.1. The van der Waals surface area contributed by atoms with E-state index in [2.05, 4.69) is 16.5 Å². The Balaban J connectivity index is 1.69. The van der Waals surface area contributed by atoms with E-state index < -0.39 is 4.92 Å². The second-order valence-corrected chi connectivity index (χ2v) is 9.00. The van der Waals surface area contributed by atoms with Crippen LogP contribution in [0.1, 0.15) is 17.3 Å². The van der Waals surface area contributed by atoms with E-state index in [4.69, 9.17) is 9.98 Å². The number of nitro groups is 1. The molecule has 0 aliphatic heterocycles. The standard InChI is InChI=1S/C20H18N5O2S2/c1-29-13-21-24-20(29)23-17(11-14-7-9-16(10-8-14)25(26)27)18-12-28-19(22-18)15-5-3-2-4-6-15/h2-10,12-13,17H,11H2,1H3,(H,23,24)/q+1/t17-,29?/m0/s1. The fraction of sp³-hybridized carbons (Fsp3) is 0.150. The first-order valence-corrected chi connectivity index (χ1v) is 11.4. The Morgan fingerprint density at radius 3 is 2.62 bits per heavy atom. The van der Waals surface area contributed by atoms with E-state index >= 15 is 0 Å². The van der Waals surface area contributed by atoms with E-state index in [1.54, 1.807) is 23.5 Å². The van der Waals surface area contributed by atoms with Crippen LogP contribution < -0.4 is 4.80 Å². The van der Waals surface area contributed by atoms with Crippen LogP contribution in [0.2, 0.25) is 0 Å². The van der Waals surface area contributed by atoms with Crippen LogP contribution in [0.5, 0.6) is 0 Å². The average Bonchev–Trinajstić information content (AvgIpc) is 3.38. The molecule has 7 nitrogen and oxygen atoms in total. The maximum Gasteiger partial charge on any atom is 0.357 e. The van der Waals surface area contributed by atoms with Gasteiger partial charge in [0.15, 0.2) is 0 Å². The molecule has 4 rings (SSSR count). The van der Waals surface area contributed by atoms with Crippen LogP contribution in [0.15, 0.2) is 70.5 Å². The van der Waals surface area contributed by atoms with Crippen molar-refractivity contribution in [3.05, 3.63) is 91.7 Å². The van der Waals surface area contributed by atoms with Crippen LogP contribution in [0, 0.1) is 10.1 Å². The molecule has 4 aromatic rings. The van der Waals surface area contributed by atoms with Crippen molar-refractivity contribution in [1.29, 1.82) is 0 Å². The SMILES string of the molecule is C[s+]1cn[nH]c1=N[C@@H](Cc1ccc([N+](=O)[O-])cc1)c1csc(-c2ccccc2)n1. The third kappa shape index (κ3) is 4.47. The molecule has 0 radical (unpaired) electrons. The van der Waals surface area contributed by atoms with Crippen LogP contribution in [-0.4, -0.2) is 20.1 Å². The van der Waals surface area contributed by atoms with Gasteiger partial charge in [0.05, 0.1) is 10.6 Å². The molecule has 0 spiro atoms. The number of nitrogens with zero attached hydrogens (tertiary/aromatic N) is 4. The summed E-state index contributed by atoms with van der Waals surface area (Å²) in [6.07, 6.45) is 2.65. The Hall–Kier alpha value is -3.17. The molecule has 9 heteroatoms. The molecule has 2 atom stereocenters. The first kappa shape index (κ1) is 19.2. The minimum Gasteiger partial charge on any atom is -0.258 e. The Kier molecular flexibility index (Phi) is 5.59. The lowest BCUT2D eigenvalue weighted by molar-refractivity contribution is -0.384. The number of benzene rings is 2. The minimum atomic E-state index is -0.392. The van der Waals surface area contributed by atoms with Crippen molar-refractivity contribution in [3.8, 4) is 10.6 Å². The highest BCUT2D eigenvalue weighted by atomic mass is 32.2. The fourth-order valence-corrected chi connectivity index (χ4v) is 4.56. The van der Waals surface area contributed by atoms with Crippen molar-refractivity contribution in [2.75, 3.05) is 0 Å². The molecule has 146 valence electrons. The normalized spacial score (nSPS) is 13.4. The molecule has 0 saturated heterocycles. The summed E-state index contributed by atoms with van der Waals surface area (Å²) >= 11 is 1.59. The van der Waals surface area contributed by atoms with Crippen molar-refractivity contribution < 1.29 is 4.92 Å². The van der Waals surface area contributed by atoms with Crippen molar-refractivity contribution >= 4 is 27.5 Å². The summed E-state index contributed by atoms with van der Waals surface area (Å²) in [5.74, 6) is 0. The summed E-state index contributed by atoms with van der Waals surface area (Å²) < 4.78 is 0. The van der Waals surface area contributed by atoms with E-state index in [9.17, 15) is 10.1 Å². The number of thiazole rings is 1. The van der Waals surface area contributed by atoms with Crippen molar-refractivity contribution in [2.45, 2.75) is 12.5 Å². The Labute approximate surface area is 173 Å². The van der Waals surface area contributed by atoms with Gasteiger partial charge in [0, 0.05) is 40.0 Å². The van der Waals surface area contributed by atoms with Gasteiger partial charge in [-0.15, -0.1) is 16.4 Å². The quantitative estimate of drug-likeness (QED) is 0.278. The maximum atomic E-state index is 10.9. The lowest BCUT2D eigenvalue weighted by Crippen LogP contribution is -2.09. The number of rotatable bonds is 6. The summed E-state index contributed by atoms with van der Waals surface area (Å²) in [5, 5.41) is 21.0. The van der Waals surface area contributed by atoms with Gasteiger partial charge in [-0.05, 0) is 5.56 Å². The molecule has 0 bridgehead atoms. The lowest BCUT2D eigenvalue weighted by atomic mass is 10.0. The summed E-state index contributed by atoms with van der Waals surface area (Å²) in [5.41, 5.74) is 4.85. The number of nitro benzene ring substituents is 1. The predicted octanol–water partition coefficient (Wildman–Crippen LogP) is 4.61. The largest absolute Gasteiger partial charge is 0.357 e. The molecule has 1 unspecified atom stereocenters. The number of aromatic amines is 1. The van der Waals surface area contributed by atoms with Gasteiger partial charge in [0.2, 0.25) is 5.51 Å². The Morgan fingerprint density at radius 1 is 1.21 bits per heavy atom. The molecule has 2 heterocycles. The second kappa shape index (κ2) is 8.46. The molecule has 29 heavy (non-hydrogen) atoms. The van der Waals surface area contributed by atoms with Crippen LogP contribution in [0.25, 0.3) is 10.6 Å². The first-order valence-electron chi connectivity index (χ1n) is 8.86. The van der Waals surface area contributed by atoms with Gasteiger partial charge >= 0.3 is 4.80 Å². The highest BCUT2D eigenvalue weighted by Crippen LogP contribution is 2.29. The third-order valence-corrected chi connectivity index (χ3v) is 6.55. The summed E-state index contributed by atoms with van der Waals surface area (Å²) in [7, 11) is -0.168. The molecule has 0 saturated carbocycles. The van der Waals surface area contributed by atoms with Crippen molar-refractivity contribution in [1.82, 2.24) is 15.2 Å². The number of aryl methyl sites for hydroxylation is 1. The highest BCUT2D eigenvalue weighted by molar-refractivity contribution is 7.25. The number of H-pyrrole nitrogens is 1. The number of hydrogen-bond acceptors (Lipinski definition) is 6. The molecule has 2 aromatic carbocycles. The topological polar surface area (TPSA) is 97.1 Å². The Bertz CT molecular complexity index is 1180. The van der Waals surface area contributed by atoms with E-state index in [0.717, 1.165) is 26.6 Å². The average molecular weight is 425 g/mol. The zero-order valence-corrected chi connectivity index (χ0v) is 17.2. The minimum absolute atomic E-state index is 0.0811. The monoisotopic (exact) mass is 424 g/mol. The van der Waals surface area contributed by atoms with Gasteiger partial charge in [0.25, 0.3) is 5.69 Å². The fourth-order valence-electron chi connectivity index (χ4n) is 2.88. The van der Waals surface area contributed by atoms with Crippen LogP contribution >= 0.6 is 21.8 Å². The van der Waals surface area contributed by atoms with Crippen LogP contribution in [0.3, 0.4) is 0 Å². The van der Waals surface area contributed by atoms with Gasteiger partial charge in [0.1, 0.15) is 17.3 Å². The van der Waals surface area contributed by atoms with Crippen molar-refractivity contribution in [3.63, 3.8) is 0 Å². The third-order valence-electron chi connectivity index (χ3n) is 4.41. The van der Waals surface area contributed by atoms with E-state index in [1.165, 1.54) is 12.1 Å². The number of aromatic nitrogens is 3. The highest BCUT2D eigenvalue weighted by Gasteiger charge is 2.18. The second-order valence-electron chi connectivity index (χ2n) is 6.43. The van der Waals surface area contributed by atoms with Crippen LogP contribution in [0.4, 0.5) is 5.69 Å². The zero-order chi connectivity index (χ0) is 20.2. The van der Waals surface area contributed by atoms with Gasteiger partial charge in [-0.3, -0.25) is 10.1 Å². The molecule has 0 aliphatic carbocycles. The molecule has 0 amide bonds. The number of hydrogen-bond donors (Lipinski definition) is 1. The molecule has 1 N–H and O–H groups in total. The lowest BCUT2D eigenvalue weighted by Gasteiger charge is -2.09. The van der Waals surface area contributed by atoms with Crippen LogP contribution in [-0.2, 0) is 12.7 Å². The number of nitrogens with one attached hydrogen (secondary N) is 1. The summed E-state index contributed by atoms with van der Waals surface area (Å²) in [6.45, 7) is 0. The molecular weight excluding hydrogens is 406 g/mol. The summed E-state index contributed by atoms with van der Waals surface area (Å²) in [4.78, 5) is 21.1. The molecule has 0 fully saturated rings. The van der Waals surface area contributed by atoms with Gasteiger partial charge in [-0.25, -0.2) is 15.1 Å². The maximum absolute atomic E-state index is 10.9. The summed E-state index contributed by atoms with van der Waals surface area (Å²) in [6, 6.07) is 16.4. The van der Waals surface area contributed by atoms with Gasteiger partial charge in [-0.2, -0.15) is 0 Å². The van der Waals surface area contributed by atoms with E-state index in [0.29, 0.717) is 6.42 Å². The smallest absolute Gasteiger partial charge is 0.258 e. The van der Waals surface area contributed by atoms with E-state index in [1.807, 2.05) is 41.2 Å². The molecule has 2 aromatic heterocycles. The predicted molar refractivity (Wildman–Crippen MR) is 115 cm³/mol. The number of non-ortho nitro benzene ring substituents is 1. The zero-order valence-electron chi connectivity index (χ0n) is 15.6. The van der Waals surface area contributed by atoms with Crippen molar-refractivity contribution in [2.24, 2.45) is 11.2 Å². The Morgan fingerprint density at radius 2 is 1.97 bits per heavy atom. The van der Waals surface area contributed by atoms with Gasteiger partial charge in [-0.1, -0.05) is 42.5 Å². The molecular formula is C20H18N5O2S2+. The van der Waals surface area contributed by atoms with Gasteiger partial charge < -0.3 is 0 Å².